The molecule has 1 fully saturated rings. The minimum absolute atomic E-state index is 0.0191. The number of anilines is 1. The number of benzene rings is 1. The minimum atomic E-state index is -3.39. The fourth-order valence-corrected chi connectivity index (χ4v) is 3.79. The van der Waals surface area contributed by atoms with E-state index in [2.05, 4.69) is 0 Å². The van der Waals surface area contributed by atoms with Crippen LogP contribution in [0.5, 0.6) is 0 Å². The van der Waals surface area contributed by atoms with Crippen LogP contribution in [0.2, 0.25) is 0 Å². The number of nitrogens with zero attached hydrogens (tertiary/aromatic N) is 2. The van der Waals surface area contributed by atoms with E-state index in [1.807, 2.05) is 0 Å². The molecule has 0 atom stereocenters. The van der Waals surface area contributed by atoms with Crippen molar-refractivity contribution in [3.8, 4) is 0 Å². The summed E-state index contributed by atoms with van der Waals surface area (Å²) in [5, 5.41) is 0. The molecule has 0 spiro atoms. The molecule has 1 heterocycles. The minimum Gasteiger partial charge on any atom is -0.398 e. The standard InChI is InChI=1S/C13H19N3O3S/c1-11(17)15-6-8-16(9-7-15)20(18,19)10-12-4-2-3-5-13(12)14/h2-5H,6-10,14H2,1H3. The van der Waals surface area contributed by atoms with Crippen LogP contribution in [0.3, 0.4) is 0 Å². The van der Waals surface area contributed by atoms with Crippen LogP contribution in [0.15, 0.2) is 24.3 Å². The van der Waals surface area contributed by atoms with Gasteiger partial charge in [-0.05, 0) is 11.6 Å². The van der Waals surface area contributed by atoms with Gasteiger partial charge in [-0.25, -0.2) is 8.42 Å². The number of hydrogen-bond donors (Lipinski definition) is 1. The molecule has 0 unspecified atom stereocenters. The summed E-state index contributed by atoms with van der Waals surface area (Å²) in [6.45, 7) is 3.07. The molecule has 1 aromatic rings. The summed E-state index contributed by atoms with van der Waals surface area (Å²) in [6, 6.07) is 6.96. The summed E-state index contributed by atoms with van der Waals surface area (Å²) in [7, 11) is -3.39. The summed E-state index contributed by atoms with van der Waals surface area (Å²) >= 11 is 0. The predicted molar refractivity (Wildman–Crippen MR) is 77.3 cm³/mol. The summed E-state index contributed by atoms with van der Waals surface area (Å²) in [4.78, 5) is 12.9. The lowest BCUT2D eigenvalue weighted by atomic mass is 10.2. The number of piperazine rings is 1. The topological polar surface area (TPSA) is 83.7 Å². The average Bonchev–Trinajstić information content (AvgIpc) is 2.41. The lowest BCUT2D eigenvalue weighted by Crippen LogP contribution is -2.50. The number of carbonyl (C=O) groups is 1. The number of para-hydroxylation sites is 1. The van der Waals surface area contributed by atoms with Gasteiger partial charge in [-0.2, -0.15) is 4.31 Å². The Morgan fingerprint density at radius 3 is 2.35 bits per heavy atom. The van der Waals surface area contributed by atoms with Crippen molar-refractivity contribution in [3.05, 3.63) is 29.8 Å². The largest absolute Gasteiger partial charge is 0.398 e. The zero-order valence-corrected chi connectivity index (χ0v) is 12.3. The highest BCUT2D eigenvalue weighted by Crippen LogP contribution is 2.18. The quantitative estimate of drug-likeness (QED) is 0.811. The van der Waals surface area contributed by atoms with Crippen molar-refractivity contribution in [3.63, 3.8) is 0 Å². The summed E-state index contributed by atoms with van der Waals surface area (Å²) < 4.78 is 26.1. The molecule has 0 saturated carbocycles. The lowest BCUT2D eigenvalue weighted by Gasteiger charge is -2.33. The number of nitrogens with two attached hydrogens (primary N) is 1. The van der Waals surface area contributed by atoms with Crippen molar-refractivity contribution in [1.29, 1.82) is 0 Å². The van der Waals surface area contributed by atoms with Crippen molar-refractivity contribution >= 4 is 21.6 Å². The van der Waals surface area contributed by atoms with Crippen LogP contribution < -0.4 is 5.73 Å². The number of sulfonamides is 1. The highest BCUT2D eigenvalue weighted by atomic mass is 32.2. The molecule has 1 aromatic carbocycles. The highest BCUT2D eigenvalue weighted by Gasteiger charge is 2.28. The second kappa shape index (κ2) is 5.80. The second-order valence-corrected chi connectivity index (χ2v) is 6.83. The van der Waals surface area contributed by atoms with Crippen LogP contribution in [0, 0.1) is 0 Å². The first-order chi connectivity index (χ1) is 9.40. The molecular formula is C13H19N3O3S. The van der Waals surface area contributed by atoms with Gasteiger partial charge in [0.2, 0.25) is 15.9 Å². The molecule has 0 bridgehead atoms. The maximum atomic E-state index is 12.4. The van der Waals surface area contributed by atoms with Crippen molar-refractivity contribution < 1.29 is 13.2 Å². The van der Waals surface area contributed by atoms with Crippen molar-refractivity contribution in [1.82, 2.24) is 9.21 Å². The molecule has 6 nitrogen and oxygen atoms in total. The first kappa shape index (κ1) is 14.8. The maximum Gasteiger partial charge on any atom is 0.219 e. The molecule has 110 valence electrons. The van der Waals surface area contributed by atoms with Gasteiger partial charge in [0, 0.05) is 38.8 Å². The summed E-state index contributed by atoms with van der Waals surface area (Å²) in [5.74, 6) is -0.117. The first-order valence-corrected chi connectivity index (χ1v) is 8.08. The van der Waals surface area contributed by atoms with E-state index in [9.17, 15) is 13.2 Å². The van der Waals surface area contributed by atoms with Gasteiger partial charge in [0.1, 0.15) is 0 Å². The predicted octanol–water partition coefficient (Wildman–Crippen LogP) is 0.263. The van der Waals surface area contributed by atoms with Crippen LogP contribution in [0.1, 0.15) is 12.5 Å². The van der Waals surface area contributed by atoms with E-state index in [0.717, 1.165) is 0 Å². The van der Waals surface area contributed by atoms with Gasteiger partial charge in [0.25, 0.3) is 0 Å². The van der Waals surface area contributed by atoms with E-state index in [-0.39, 0.29) is 11.7 Å². The monoisotopic (exact) mass is 297 g/mol. The average molecular weight is 297 g/mol. The Morgan fingerprint density at radius 2 is 1.80 bits per heavy atom. The van der Waals surface area contributed by atoms with Gasteiger partial charge in [-0.15, -0.1) is 0 Å². The number of rotatable bonds is 3. The van der Waals surface area contributed by atoms with E-state index in [1.54, 1.807) is 29.2 Å². The molecule has 1 aliphatic rings. The molecule has 1 amide bonds. The number of carbonyl (C=O) groups excluding carboxylic acids is 1. The maximum absolute atomic E-state index is 12.4. The van der Waals surface area contributed by atoms with Gasteiger partial charge in [0.15, 0.2) is 0 Å². The van der Waals surface area contributed by atoms with E-state index >= 15 is 0 Å². The number of hydrogen-bond acceptors (Lipinski definition) is 4. The molecular weight excluding hydrogens is 278 g/mol. The molecule has 0 aromatic heterocycles. The Hall–Kier alpha value is -1.60. The van der Waals surface area contributed by atoms with Gasteiger partial charge in [-0.1, -0.05) is 18.2 Å². The zero-order chi connectivity index (χ0) is 14.8. The molecule has 0 aliphatic carbocycles. The first-order valence-electron chi connectivity index (χ1n) is 6.47. The molecule has 7 heteroatoms. The third-order valence-electron chi connectivity index (χ3n) is 3.47. The van der Waals surface area contributed by atoms with E-state index in [1.165, 1.54) is 11.2 Å². The van der Waals surface area contributed by atoms with E-state index < -0.39 is 10.0 Å². The normalized spacial score (nSPS) is 17.1. The van der Waals surface area contributed by atoms with E-state index in [0.29, 0.717) is 37.4 Å². The Morgan fingerprint density at radius 1 is 1.20 bits per heavy atom. The van der Waals surface area contributed by atoms with Gasteiger partial charge >= 0.3 is 0 Å². The van der Waals surface area contributed by atoms with Gasteiger partial charge in [-0.3, -0.25) is 4.79 Å². The fourth-order valence-electron chi connectivity index (χ4n) is 2.23. The molecule has 2 rings (SSSR count). The van der Waals surface area contributed by atoms with Crippen molar-refractivity contribution in [2.24, 2.45) is 0 Å². The molecule has 1 saturated heterocycles. The Bertz CT molecular complexity index is 593. The number of nitrogen functional groups attached to an aromatic ring is 1. The molecule has 1 aliphatic heterocycles. The smallest absolute Gasteiger partial charge is 0.219 e. The van der Waals surface area contributed by atoms with Gasteiger partial charge < -0.3 is 10.6 Å². The molecule has 20 heavy (non-hydrogen) atoms. The van der Waals surface area contributed by atoms with Crippen molar-refractivity contribution in [2.75, 3.05) is 31.9 Å². The Kier molecular flexibility index (Phi) is 4.29. The van der Waals surface area contributed by atoms with Crippen molar-refractivity contribution in [2.45, 2.75) is 12.7 Å². The third kappa shape index (κ3) is 3.29. The van der Waals surface area contributed by atoms with E-state index in [4.69, 9.17) is 5.73 Å². The Labute approximate surface area is 119 Å². The van der Waals surface area contributed by atoms with Crippen LogP contribution >= 0.6 is 0 Å². The Balaban J connectivity index is 2.05. The van der Waals surface area contributed by atoms with Crippen LogP contribution in [0.25, 0.3) is 0 Å². The summed E-state index contributed by atoms with van der Waals surface area (Å²) in [5.41, 5.74) is 6.88. The highest BCUT2D eigenvalue weighted by molar-refractivity contribution is 7.88. The number of amides is 1. The molecule has 2 N–H and O–H groups in total. The summed E-state index contributed by atoms with van der Waals surface area (Å²) in [6.07, 6.45) is 0. The van der Waals surface area contributed by atoms with Crippen LogP contribution in [-0.4, -0.2) is 49.7 Å². The fraction of sp³-hybridized carbons (Fsp3) is 0.462. The van der Waals surface area contributed by atoms with Gasteiger partial charge in [0.05, 0.1) is 5.75 Å². The van der Waals surface area contributed by atoms with Crippen LogP contribution in [-0.2, 0) is 20.6 Å². The molecule has 0 radical (unpaired) electrons. The second-order valence-electron chi connectivity index (χ2n) is 4.86. The third-order valence-corrected chi connectivity index (χ3v) is 5.30. The zero-order valence-electron chi connectivity index (χ0n) is 11.4. The lowest BCUT2D eigenvalue weighted by molar-refractivity contribution is -0.129. The van der Waals surface area contributed by atoms with Crippen LogP contribution in [0.4, 0.5) is 5.69 Å². The SMILES string of the molecule is CC(=O)N1CCN(S(=O)(=O)Cc2ccccc2N)CC1.